The van der Waals surface area contributed by atoms with Gasteiger partial charge in [-0.25, -0.2) is 16.8 Å². The largest absolute Gasteiger partial charge is 0.243 e. The van der Waals surface area contributed by atoms with Crippen molar-refractivity contribution in [3.8, 4) is 0 Å². The lowest BCUT2D eigenvalue weighted by Crippen LogP contribution is -2.41. The van der Waals surface area contributed by atoms with Gasteiger partial charge in [0.2, 0.25) is 20.0 Å². The first kappa shape index (κ1) is 18.8. The van der Waals surface area contributed by atoms with Crippen molar-refractivity contribution in [2.75, 3.05) is 19.6 Å². The molecule has 0 N–H and O–H groups in total. The summed E-state index contributed by atoms with van der Waals surface area (Å²) < 4.78 is 54.0. The molecule has 8 heteroatoms. The van der Waals surface area contributed by atoms with Crippen molar-refractivity contribution in [1.82, 2.24) is 8.61 Å². The molecule has 140 valence electrons. The smallest absolute Gasteiger partial charge is 0.207 e. The Labute approximate surface area is 150 Å². The van der Waals surface area contributed by atoms with Crippen LogP contribution in [0, 0.1) is 0 Å². The molecule has 0 aromatic heterocycles. The zero-order valence-corrected chi connectivity index (χ0v) is 16.2. The van der Waals surface area contributed by atoms with E-state index in [1.807, 2.05) is 6.92 Å². The molecule has 0 radical (unpaired) electrons. The first-order chi connectivity index (χ1) is 11.8. The summed E-state index contributed by atoms with van der Waals surface area (Å²) in [5, 5.41) is 0. The Morgan fingerprint density at radius 1 is 0.760 bits per heavy atom. The molecule has 0 spiro atoms. The number of piperidine rings is 2. The van der Waals surface area contributed by atoms with Crippen LogP contribution in [0.3, 0.4) is 0 Å². The van der Waals surface area contributed by atoms with E-state index in [4.69, 9.17) is 0 Å². The van der Waals surface area contributed by atoms with E-state index in [2.05, 4.69) is 0 Å². The van der Waals surface area contributed by atoms with Crippen molar-refractivity contribution >= 4 is 20.0 Å². The van der Waals surface area contributed by atoms with Gasteiger partial charge >= 0.3 is 0 Å². The summed E-state index contributed by atoms with van der Waals surface area (Å²) in [6.45, 7) is 3.52. The molecular formula is C17H26N2O4S2. The van der Waals surface area contributed by atoms with Crippen LogP contribution in [0.25, 0.3) is 0 Å². The minimum absolute atomic E-state index is 0.0180. The lowest BCUT2D eigenvalue weighted by molar-refractivity contribution is 0.268. The van der Waals surface area contributed by atoms with Crippen molar-refractivity contribution in [1.29, 1.82) is 0 Å². The quantitative estimate of drug-likeness (QED) is 0.796. The van der Waals surface area contributed by atoms with E-state index >= 15 is 0 Å². The summed E-state index contributed by atoms with van der Waals surface area (Å²) in [7, 11) is -7.11. The number of sulfonamides is 2. The van der Waals surface area contributed by atoms with E-state index in [1.165, 1.54) is 32.9 Å². The SMILES string of the molecule is CC1CCCCN1S(=O)(=O)c1ccc(S(=O)(=O)N2CCCCC2)cc1. The third kappa shape index (κ3) is 3.77. The maximum atomic E-state index is 12.8. The Balaban J connectivity index is 1.84. The van der Waals surface area contributed by atoms with Gasteiger partial charge in [-0.2, -0.15) is 8.61 Å². The second-order valence-electron chi connectivity index (χ2n) is 6.90. The summed E-state index contributed by atoms with van der Waals surface area (Å²) in [6, 6.07) is 5.67. The van der Waals surface area contributed by atoms with E-state index < -0.39 is 20.0 Å². The Kier molecular flexibility index (Phi) is 5.53. The molecule has 6 nitrogen and oxygen atoms in total. The fraction of sp³-hybridized carbons (Fsp3) is 0.647. The summed E-state index contributed by atoms with van der Waals surface area (Å²) in [5.74, 6) is 0. The Morgan fingerprint density at radius 3 is 1.84 bits per heavy atom. The van der Waals surface area contributed by atoms with Crippen LogP contribution in [0.2, 0.25) is 0 Å². The van der Waals surface area contributed by atoms with Crippen LogP contribution < -0.4 is 0 Å². The Bertz CT molecular complexity index is 798. The predicted molar refractivity (Wildman–Crippen MR) is 96.3 cm³/mol. The van der Waals surface area contributed by atoms with Crippen molar-refractivity contribution in [2.24, 2.45) is 0 Å². The average Bonchev–Trinajstić information content (AvgIpc) is 2.63. The van der Waals surface area contributed by atoms with Gasteiger partial charge in [0.1, 0.15) is 0 Å². The van der Waals surface area contributed by atoms with Gasteiger partial charge in [0.05, 0.1) is 9.79 Å². The van der Waals surface area contributed by atoms with Crippen molar-refractivity contribution in [3.63, 3.8) is 0 Å². The van der Waals surface area contributed by atoms with Crippen LogP contribution in [0.15, 0.2) is 34.1 Å². The van der Waals surface area contributed by atoms with E-state index in [9.17, 15) is 16.8 Å². The number of benzene rings is 1. The molecule has 1 aromatic carbocycles. The first-order valence-electron chi connectivity index (χ1n) is 8.95. The Morgan fingerprint density at radius 2 is 1.28 bits per heavy atom. The normalized spacial score (nSPS) is 24.3. The van der Waals surface area contributed by atoms with Gasteiger partial charge in [0.15, 0.2) is 0 Å². The van der Waals surface area contributed by atoms with Crippen LogP contribution in [0.5, 0.6) is 0 Å². The van der Waals surface area contributed by atoms with E-state index in [1.54, 1.807) is 0 Å². The molecule has 2 saturated heterocycles. The lowest BCUT2D eigenvalue weighted by atomic mass is 10.1. The average molecular weight is 387 g/mol. The van der Waals surface area contributed by atoms with Crippen LogP contribution in [-0.2, 0) is 20.0 Å². The molecule has 0 amide bonds. The van der Waals surface area contributed by atoms with Crippen LogP contribution in [-0.4, -0.2) is 51.1 Å². The summed E-state index contributed by atoms with van der Waals surface area (Å²) in [6.07, 6.45) is 5.57. The van der Waals surface area contributed by atoms with Gasteiger partial charge in [0.25, 0.3) is 0 Å². The second kappa shape index (κ2) is 7.34. The standard InChI is InChI=1S/C17H26N2O4S2/c1-15-7-3-6-14-19(15)25(22,23)17-10-8-16(9-11-17)24(20,21)18-12-4-2-5-13-18/h8-11,15H,2-7,12-14H2,1H3. The number of hydrogen-bond donors (Lipinski definition) is 0. The van der Waals surface area contributed by atoms with Crippen LogP contribution in [0.1, 0.15) is 45.4 Å². The monoisotopic (exact) mass is 386 g/mol. The molecule has 3 rings (SSSR count). The molecule has 1 unspecified atom stereocenters. The summed E-state index contributed by atoms with van der Waals surface area (Å²) >= 11 is 0. The fourth-order valence-corrected chi connectivity index (χ4v) is 6.82. The predicted octanol–water partition coefficient (Wildman–Crippen LogP) is 2.42. The number of nitrogens with zero attached hydrogens (tertiary/aromatic N) is 2. The highest BCUT2D eigenvalue weighted by molar-refractivity contribution is 7.89. The van der Waals surface area contributed by atoms with Gasteiger partial charge in [-0.3, -0.25) is 0 Å². The molecule has 0 aliphatic carbocycles. The minimum atomic E-state index is -3.57. The molecule has 25 heavy (non-hydrogen) atoms. The maximum Gasteiger partial charge on any atom is 0.243 e. The molecule has 2 aliphatic rings. The third-order valence-corrected chi connectivity index (χ3v) is 9.07. The summed E-state index contributed by atoms with van der Waals surface area (Å²) in [5.41, 5.74) is 0. The molecule has 2 fully saturated rings. The van der Waals surface area contributed by atoms with Gasteiger partial charge in [-0.1, -0.05) is 12.8 Å². The molecule has 0 saturated carbocycles. The zero-order chi connectivity index (χ0) is 18.1. The Hall–Kier alpha value is -0.960. The maximum absolute atomic E-state index is 12.8. The van der Waals surface area contributed by atoms with Crippen molar-refractivity contribution in [3.05, 3.63) is 24.3 Å². The zero-order valence-electron chi connectivity index (χ0n) is 14.6. The van der Waals surface area contributed by atoms with Gasteiger partial charge < -0.3 is 0 Å². The van der Waals surface area contributed by atoms with Gasteiger partial charge in [-0.15, -0.1) is 0 Å². The highest BCUT2D eigenvalue weighted by atomic mass is 32.2. The molecule has 1 aromatic rings. The fourth-order valence-electron chi connectivity index (χ4n) is 3.60. The minimum Gasteiger partial charge on any atom is -0.207 e. The van der Waals surface area contributed by atoms with Crippen LogP contribution >= 0.6 is 0 Å². The highest BCUT2D eigenvalue weighted by Gasteiger charge is 2.32. The molecule has 0 bridgehead atoms. The van der Waals surface area contributed by atoms with Crippen molar-refractivity contribution in [2.45, 2.75) is 61.3 Å². The van der Waals surface area contributed by atoms with E-state index in [-0.39, 0.29) is 15.8 Å². The van der Waals surface area contributed by atoms with E-state index in [0.29, 0.717) is 19.6 Å². The number of hydrogen-bond acceptors (Lipinski definition) is 4. The van der Waals surface area contributed by atoms with Gasteiger partial charge in [0, 0.05) is 25.7 Å². The lowest BCUT2D eigenvalue weighted by Gasteiger charge is -2.32. The molecule has 2 heterocycles. The van der Waals surface area contributed by atoms with Crippen LogP contribution in [0.4, 0.5) is 0 Å². The second-order valence-corrected chi connectivity index (χ2v) is 10.7. The third-order valence-electron chi connectivity index (χ3n) is 5.13. The topological polar surface area (TPSA) is 74.8 Å². The first-order valence-corrected chi connectivity index (χ1v) is 11.8. The van der Waals surface area contributed by atoms with E-state index in [0.717, 1.165) is 38.5 Å². The summed E-state index contributed by atoms with van der Waals surface area (Å²) in [4.78, 5) is 0.332. The van der Waals surface area contributed by atoms with Crippen molar-refractivity contribution < 1.29 is 16.8 Å². The van der Waals surface area contributed by atoms with Gasteiger partial charge in [-0.05, 0) is 56.9 Å². The molecule has 2 aliphatic heterocycles. The molecular weight excluding hydrogens is 360 g/mol. The highest BCUT2D eigenvalue weighted by Crippen LogP contribution is 2.27. The molecule has 1 atom stereocenters. The number of rotatable bonds is 4.